The van der Waals surface area contributed by atoms with Gasteiger partial charge in [0.05, 0.1) is 9.40 Å². The van der Waals surface area contributed by atoms with E-state index < -0.39 is 0 Å². The molecule has 114 valence electrons. The van der Waals surface area contributed by atoms with E-state index in [1.807, 2.05) is 0 Å². The number of nitrogens with one attached hydrogen (secondary N) is 1. The number of aromatic nitrogens is 1. The van der Waals surface area contributed by atoms with Crippen molar-refractivity contribution in [1.82, 2.24) is 15.2 Å². The molecule has 0 radical (unpaired) electrons. The first-order chi connectivity index (χ1) is 10.2. The normalized spacial score (nSPS) is 23.5. The molecule has 2 fully saturated rings. The van der Waals surface area contributed by atoms with Gasteiger partial charge in [0, 0.05) is 51.5 Å². The number of pyridine rings is 1. The first kappa shape index (κ1) is 14.7. The molecule has 3 rings (SSSR count). The average molecular weight is 356 g/mol. The maximum atomic E-state index is 11.2. The van der Waals surface area contributed by atoms with Crippen molar-refractivity contribution in [3.05, 3.63) is 27.0 Å². The molecule has 21 heavy (non-hydrogen) atoms. The van der Waals surface area contributed by atoms with Crippen LogP contribution in [0.3, 0.4) is 0 Å². The monoisotopic (exact) mass is 355 g/mol. The second-order valence-electron chi connectivity index (χ2n) is 5.42. The Bertz CT molecular complexity index is 535. The second kappa shape index (κ2) is 6.25. The van der Waals surface area contributed by atoms with Crippen molar-refractivity contribution in [2.45, 2.75) is 12.5 Å². The molecule has 0 aromatic carbocycles. The molecule has 2 saturated heterocycles. The van der Waals surface area contributed by atoms with Crippen LogP contribution in [0.25, 0.3) is 0 Å². The number of nitro groups is 1. The molecule has 0 saturated carbocycles. The summed E-state index contributed by atoms with van der Waals surface area (Å²) in [4.78, 5) is 19.4. The molecule has 7 nitrogen and oxygen atoms in total. The van der Waals surface area contributed by atoms with E-state index in [9.17, 15) is 10.1 Å². The lowest BCUT2D eigenvalue weighted by Gasteiger charge is -2.32. The van der Waals surface area contributed by atoms with Gasteiger partial charge in [0.2, 0.25) is 0 Å². The predicted octanol–water partition coefficient (Wildman–Crippen LogP) is 1.24. The summed E-state index contributed by atoms with van der Waals surface area (Å²) in [5.41, 5.74) is 0.734. The zero-order valence-corrected chi connectivity index (χ0v) is 13.3. The Kier molecular flexibility index (Phi) is 4.37. The fourth-order valence-electron chi connectivity index (χ4n) is 3.15. The van der Waals surface area contributed by atoms with Gasteiger partial charge in [0.1, 0.15) is 11.9 Å². The molecule has 3 heterocycles. The van der Waals surface area contributed by atoms with Crippen molar-refractivity contribution >= 4 is 27.3 Å². The average Bonchev–Trinajstić information content (AvgIpc) is 2.97. The SMILES string of the molecule is O=[N+]([O-])c1cncc(Br)c1N1CCC(N2CCNCC2)C1. The highest BCUT2D eigenvalue weighted by atomic mass is 79.9. The van der Waals surface area contributed by atoms with Crippen molar-refractivity contribution in [3.8, 4) is 0 Å². The number of halogens is 1. The minimum absolute atomic E-state index is 0.0744. The van der Waals surface area contributed by atoms with Gasteiger partial charge in [-0.1, -0.05) is 0 Å². The number of rotatable bonds is 3. The molecule has 0 spiro atoms. The molecule has 1 unspecified atom stereocenters. The molecule has 8 heteroatoms. The van der Waals surface area contributed by atoms with Gasteiger partial charge >= 0.3 is 5.69 Å². The Morgan fingerprint density at radius 1 is 1.33 bits per heavy atom. The summed E-state index contributed by atoms with van der Waals surface area (Å²) in [6.45, 7) is 5.84. The third kappa shape index (κ3) is 3.02. The number of hydrogen-bond donors (Lipinski definition) is 1. The minimum atomic E-state index is -0.356. The van der Waals surface area contributed by atoms with E-state index in [-0.39, 0.29) is 10.6 Å². The van der Waals surface area contributed by atoms with Gasteiger partial charge in [-0.3, -0.25) is 20.0 Å². The largest absolute Gasteiger partial charge is 0.363 e. The van der Waals surface area contributed by atoms with Crippen LogP contribution in [-0.2, 0) is 0 Å². The summed E-state index contributed by atoms with van der Waals surface area (Å²) in [6.07, 6.45) is 4.00. The maximum Gasteiger partial charge on any atom is 0.311 e. The van der Waals surface area contributed by atoms with Crippen LogP contribution in [0.5, 0.6) is 0 Å². The van der Waals surface area contributed by atoms with E-state index >= 15 is 0 Å². The first-order valence-corrected chi connectivity index (χ1v) is 7.93. The Morgan fingerprint density at radius 3 is 2.81 bits per heavy atom. The van der Waals surface area contributed by atoms with E-state index in [0.29, 0.717) is 16.2 Å². The van der Waals surface area contributed by atoms with Crippen molar-refractivity contribution in [1.29, 1.82) is 0 Å². The Balaban J connectivity index is 1.78. The lowest BCUT2D eigenvalue weighted by atomic mass is 10.2. The maximum absolute atomic E-state index is 11.2. The van der Waals surface area contributed by atoms with Crippen LogP contribution in [-0.4, -0.2) is 60.1 Å². The van der Waals surface area contributed by atoms with Gasteiger partial charge in [0.25, 0.3) is 0 Å². The summed E-state index contributed by atoms with van der Waals surface area (Å²) in [6, 6.07) is 0.478. The molecule has 0 amide bonds. The molecule has 0 bridgehead atoms. The fraction of sp³-hybridized carbons (Fsp3) is 0.615. The second-order valence-corrected chi connectivity index (χ2v) is 6.27. The fourth-order valence-corrected chi connectivity index (χ4v) is 3.73. The highest BCUT2D eigenvalue weighted by Crippen LogP contribution is 2.37. The third-order valence-electron chi connectivity index (χ3n) is 4.20. The van der Waals surface area contributed by atoms with Crippen LogP contribution in [0.15, 0.2) is 16.9 Å². The van der Waals surface area contributed by atoms with Crippen LogP contribution in [0.2, 0.25) is 0 Å². The summed E-state index contributed by atoms with van der Waals surface area (Å²) in [7, 11) is 0. The van der Waals surface area contributed by atoms with Crippen LogP contribution >= 0.6 is 15.9 Å². The van der Waals surface area contributed by atoms with Gasteiger partial charge in [-0.2, -0.15) is 0 Å². The molecule has 2 aliphatic heterocycles. The molecular formula is C13H18BrN5O2. The first-order valence-electron chi connectivity index (χ1n) is 7.14. The number of nitrogens with zero attached hydrogens (tertiary/aromatic N) is 4. The van der Waals surface area contributed by atoms with Crippen LogP contribution in [0, 0.1) is 10.1 Å². The molecule has 1 aromatic heterocycles. The molecule has 1 N–H and O–H groups in total. The molecule has 2 aliphatic rings. The van der Waals surface area contributed by atoms with Gasteiger partial charge in [0.15, 0.2) is 0 Å². The topological polar surface area (TPSA) is 74.5 Å². The van der Waals surface area contributed by atoms with Crippen LogP contribution in [0.4, 0.5) is 11.4 Å². The number of hydrogen-bond acceptors (Lipinski definition) is 6. The Labute approximate surface area is 131 Å². The van der Waals surface area contributed by atoms with Crippen molar-refractivity contribution in [2.24, 2.45) is 0 Å². The quantitative estimate of drug-likeness (QED) is 0.649. The third-order valence-corrected chi connectivity index (χ3v) is 4.78. The lowest BCUT2D eigenvalue weighted by Crippen LogP contribution is -2.49. The summed E-state index contributed by atoms with van der Waals surface area (Å²) in [5, 5.41) is 14.6. The van der Waals surface area contributed by atoms with Crippen molar-refractivity contribution < 1.29 is 4.92 Å². The highest BCUT2D eigenvalue weighted by Gasteiger charge is 2.32. The Morgan fingerprint density at radius 2 is 2.10 bits per heavy atom. The van der Waals surface area contributed by atoms with E-state index in [0.717, 1.165) is 45.7 Å². The van der Waals surface area contributed by atoms with Crippen LogP contribution in [0.1, 0.15) is 6.42 Å². The smallest absolute Gasteiger partial charge is 0.311 e. The molecule has 1 atom stereocenters. The van der Waals surface area contributed by atoms with E-state index in [1.54, 1.807) is 6.20 Å². The number of piperazine rings is 1. The zero-order valence-electron chi connectivity index (χ0n) is 11.7. The molecular weight excluding hydrogens is 338 g/mol. The Hall–Kier alpha value is -1.25. The van der Waals surface area contributed by atoms with Crippen molar-refractivity contribution in [2.75, 3.05) is 44.2 Å². The summed E-state index contributed by atoms with van der Waals surface area (Å²) in [5.74, 6) is 0. The predicted molar refractivity (Wildman–Crippen MR) is 83.7 cm³/mol. The lowest BCUT2D eigenvalue weighted by molar-refractivity contribution is -0.384. The van der Waals surface area contributed by atoms with E-state index in [4.69, 9.17) is 0 Å². The van der Waals surface area contributed by atoms with Gasteiger partial charge in [-0.05, 0) is 22.4 Å². The van der Waals surface area contributed by atoms with E-state index in [1.165, 1.54) is 6.20 Å². The van der Waals surface area contributed by atoms with Crippen LogP contribution < -0.4 is 10.2 Å². The molecule has 1 aromatic rings. The van der Waals surface area contributed by atoms with Crippen molar-refractivity contribution in [3.63, 3.8) is 0 Å². The zero-order chi connectivity index (χ0) is 14.8. The van der Waals surface area contributed by atoms with Gasteiger partial charge < -0.3 is 10.2 Å². The molecule has 0 aliphatic carbocycles. The summed E-state index contributed by atoms with van der Waals surface area (Å²) >= 11 is 3.41. The van der Waals surface area contributed by atoms with Gasteiger partial charge in [-0.15, -0.1) is 0 Å². The van der Waals surface area contributed by atoms with Gasteiger partial charge in [-0.25, -0.2) is 0 Å². The summed E-state index contributed by atoms with van der Waals surface area (Å²) < 4.78 is 0.692. The standard InChI is InChI=1S/C13H18BrN5O2/c14-11-7-16-8-12(19(20)21)13(11)18-4-1-10(9-18)17-5-2-15-3-6-17/h7-8,10,15H,1-6,9H2. The number of anilines is 1. The van der Waals surface area contributed by atoms with E-state index in [2.05, 4.69) is 36.0 Å². The highest BCUT2D eigenvalue weighted by molar-refractivity contribution is 9.10. The minimum Gasteiger partial charge on any atom is -0.363 e.